The van der Waals surface area contributed by atoms with Gasteiger partial charge in [-0.25, -0.2) is 0 Å². The van der Waals surface area contributed by atoms with Crippen LogP contribution < -0.4 is 5.32 Å². The van der Waals surface area contributed by atoms with Gasteiger partial charge in [0.1, 0.15) is 0 Å². The van der Waals surface area contributed by atoms with Crippen LogP contribution in [0.1, 0.15) is 6.42 Å². The molecule has 1 unspecified atom stereocenters. The normalized spacial score (nSPS) is 19.3. The SMILES string of the molecule is Clc1cccc2c1ccn2CCNCC1CCOC1. The maximum Gasteiger partial charge on any atom is 0.0507 e. The average Bonchev–Trinajstić information content (AvgIpc) is 3.05. The third-order valence-electron chi connectivity index (χ3n) is 3.75. The van der Waals surface area contributed by atoms with Crippen molar-refractivity contribution in [3.05, 3.63) is 35.5 Å². The van der Waals surface area contributed by atoms with E-state index < -0.39 is 0 Å². The molecule has 1 saturated heterocycles. The fraction of sp³-hybridized carbons (Fsp3) is 0.467. The van der Waals surface area contributed by atoms with E-state index in [2.05, 4.69) is 28.2 Å². The third kappa shape index (κ3) is 2.94. The van der Waals surface area contributed by atoms with Gasteiger partial charge in [-0.15, -0.1) is 0 Å². The molecule has 2 heterocycles. The van der Waals surface area contributed by atoms with Crippen molar-refractivity contribution in [2.45, 2.75) is 13.0 Å². The molecule has 1 aliphatic heterocycles. The average molecular weight is 279 g/mol. The zero-order valence-corrected chi connectivity index (χ0v) is 11.7. The van der Waals surface area contributed by atoms with Gasteiger partial charge in [-0.05, 0) is 30.5 Å². The first-order chi connectivity index (χ1) is 9.34. The number of benzene rings is 1. The largest absolute Gasteiger partial charge is 0.381 e. The van der Waals surface area contributed by atoms with Gasteiger partial charge in [-0.3, -0.25) is 0 Å². The molecular formula is C15H19ClN2O. The maximum atomic E-state index is 6.17. The van der Waals surface area contributed by atoms with Crippen LogP contribution in [0.5, 0.6) is 0 Å². The minimum Gasteiger partial charge on any atom is -0.381 e. The highest BCUT2D eigenvalue weighted by atomic mass is 35.5. The van der Waals surface area contributed by atoms with Crippen LogP contribution in [0.25, 0.3) is 10.9 Å². The van der Waals surface area contributed by atoms with E-state index in [1.807, 2.05) is 12.1 Å². The Bertz CT molecular complexity index is 546. The molecule has 2 aromatic rings. The molecule has 0 spiro atoms. The molecule has 1 aliphatic rings. The standard InChI is InChI=1S/C15H19ClN2O/c16-14-2-1-3-15-13(14)4-7-18(15)8-6-17-10-12-5-9-19-11-12/h1-4,7,12,17H,5-6,8-11H2. The molecule has 102 valence electrons. The highest BCUT2D eigenvalue weighted by Gasteiger charge is 2.14. The van der Waals surface area contributed by atoms with Gasteiger partial charge >= 0.3 is 0 Å². The van der Waals surface area contributed by atoms with Crippen molar-refractivity contribution < 1.29 is 4.74 Å². The van der Waals surface area contributed by atoms with E-state index in [0.717, 1.165) is 43.3 Å². The smallest absolute Gasteiger partial charge is 0.0507 e. The molecule has 1 atom stereocenters. The van der Waals surface area contributed by atoms with Gasteiger partial charge in [-0.2, -0.15) is 0 Å². The van der Waals surface area contributed by atoms with Crippen molar-refractivity contribution >= 4 is 22.5 Å². The number of aromatic nitrogens is 1. The van der Waals surface area contributed by atoms with Crippen molar-refractivity contribution in [3.8, 4) is 0 Å². The zero-order valence-electron chi connectivity index (χ0n) is 10.9. The molecule has 1 N–H and O–H groups in total. The van der Waals surface area contributed by atoms with Crippen molar-refractivity contribution in [2.75, 3.05) is 26.3 Å². The predicted octanol–water partition coefficient (Wildman–Crippen LogP) is 2.92. The van der Waals surface area contributed by atoms with E-state index in [9.17, 15) is 0 Å². The molecule has 0 saturated carbocycles. The molecule has 1 fully saturated rings. The zero-order chi connectivity index (χ0) is 13.1. The maximum absolute atomic E-state index is 6.17. The fourth-order valence-corrected chi connectivity index (χ4v) is 2.86. The molecule has 4 heteroatoms. The van der Waals surface area contributed by atoms with Crippen LogP contribution in [0.15, 0.2) is 30.5 Å². The second kappa shape index (κ2) is 5.95. The summed E-state index contributed by atoms with van der Waals surface area (Å²) in [6, 6.07) is 8.14. The van der Waals surface area contributed by atoms with E-state index in [4.69, 9.17) is 16.3 Å². The van der Waals surface area contributed by atoms with Gasteiger partial charge in [0.05, 0.1) is 6.61 Å². The molecule has 1 aromatic carbocycles. The molecule has 0 aliphatic carbocycles. The summed E-state index contributed by atoms with van der Waals surface area (Å²) in [5.41, 5.74) is 1.21. The van der Waals surface area contributed by atoms with Crippen molar-refractivity contribution in [3.63, 3.8) is 0 Å². The Morgan fingerprint density at radius 1 is 1.37 bits per heavy atom. The van der Waals surface area contributed by atoms with Gasteiger partial charge in [0.25, 0.3) is 0 Å². The Morgan fingerprint density at radius 3 is 3.16 bits per heavy atom. The summed E-state index contributed by atoms with van der Waals surface area (Å²) < 4.78 is 7.62. The van der Waals surface area contributed by atoms with Crippen LogP contribution in [-0.2, 0) is 11.3 Å². The van der Waals surface area contributed by atoms with Crippen LogP contribution in [0.3, 0.4) is 0 Å². The summed E-state index contributed by atoms with van der Waals surface area (Å²) in [6.07, 6.45) is 3.30. The van der Waals surface area contributed by atoms with Crippen molar-refractivity contribution in [1.29, 1.82) is 0 Å². The second-order valence-corrected chi connectivity index (χ2v) is 5.52. The quantitative estimate of drug-likeness (QED) is 0.851. The first-order valence-electron chi connectivity index (χ1n) is 6.86. The van der Waals surface area contributed by atoms with Crippen LogP contribution in [0, 0.1) is 5.92 Å². The van der Waals surface area contributed by atoms with Crippen molar-refractivity contribution in [2.24, 2.45) is 5.92 Å². The number of hydrogen-bond acceptors (Lipinski definition) is 2. The number of nitrogens with one attached hydrogen (secondary N) is 1. The Hall–Kier alpha value is -1.03. The Kier molecular flexibility index (Phi) is 4.06. The number of ether oxygens (including phenoxy) is 1. The third-order valence-corrected chi connectivity index (χ3v) is 4.08. The first-order valence-corrected chi connectivity index (χ1v) is 7.24. The number of halogens is 1. The molecule has 0 bridgehead atoms. The minimum atomic E-state index is 0.691. The summed E-state index contributed by atoms with van der Waals surface area (Å²) in [5, 5.41) is 5.47. The first kappa shape index (κ1) is 13.0. The Balaban J connectivity index is 1.55. The summed E-state index contributed by atoms with van der Waals surface area (Å²) >= 11 is 6.17. The minimum absolute atomic E-state index is 0.691. The second-order valence-electron chi connectivity index (χ2n) is 5.12. The van der Waals surface area contributed by atoms with E-state index >= 15 is 0 Å². The monoisotopic (exact) mass is 278 g/mol. The number of rotatable bonds is 5. The summed E-state index contributed by atoms with van der Waals surface area (Å²) in [4.78, 5) is 0. The lowest BCUT2D eigenvalue weighted by atomic mass is 10.1. The van der Waals surface area contributed by atoms with Crippen LogP contribution in [-0.4, -0.2) is 30.9 Å². The molecule has 0 radical (unpaired) electrons. The Morgan fingerprint density at radius 2 is 2.32 bits per heavy atom. The van der Waals surface area contributed by atoms with Crippen LogP contribution in [0.4, 0.5) is 0 Å². The van der Waals surface area contributed by atoms with Gasteiger partial charge in [-0.1, -0.05) is 17.7 Å². The van der Waals surface area contributed by atoms with E-state index in [1.54, 1.807) is 0 Å². The van der Waals surface area contributed by atoms with Gasteiger partial charge in [0.15, 0.2) is 0 Å². The highest BCUT2D eigenvalue weighted by Crippen LogP contribution is 2.23. The molecule has 19 heavy (non-hydrogen) atoms. The lowest BCUT2D eigenvalue weighted by Crippen LogP contribution is -2.26. The van der Waals surface area contributed by atoms with E-state index in [1.165, 1.54) is 11.9 Å². The molecule has 1 aromatic heterocycles. The van der Waals surface area contributed by atoms with Gasteiger partial charge in [0.2, 0.25) is 0 Å². The van der Waals surface area contributed by atoms with Crippen molar-refractivity contribution in [1.82, 2.24) is 9.88 Å². The lowest BCUT2D eigenvalue weighted by molar-refractivity contribution is 0.185. The number of hydrogen-bond donors (Lipinski definition) is 1. The van der Waals surface area contributed by atoms with E-state index in [-0.39, 0.29) is 0 Å². The molecular weight excluding hydrogens is 260 g/mol. The fourth-order valence-electron chi connectivity index (χ4n) is 2.63. The molecule has 0 amide bonds. The van der Waals surface area contributed by atoms with Gasteiger partial charge < -0.3 is 14.6 Å². The Labute approximate surface area is 118 Å². The van der Waals surface area contributed by atoms with Crippen LogP contribution in [0.2, 0.25) is 5.02 Å². The number of nitrogens with zero attached hydrogens (tertiary/aromatic N) is 1. The lowest BCUT2D eigenvalue weighted by Gasteiger charge is -2.10. The highest BCUT2D eigenvalue weighted by molar-refractivity contribution is 6.35. The van der Waals surface area contributed by atoms with Gasteiger partial charge in [0, 0.05) is 48.4 Å². The summed E-state index contributed by atoms with van der Waals surface area (Å²) in [6.45, 7) is 4.84. The summed E-state index contributed by atoms with van der Waals surface area (Å²) in [5.74, 6) is 0.691. The predicted molar refractivity (Wildman–Crippen MR) is 78.7 cm³/mol. The summed E-state index contributed by atoms with van der Waals surface area (Å²) in [7, 11) is 0. The number of fused-ring (bicyclic) bond motifs is 1. The molecule has 3 rings (SSSR count). The molecule has 3 nitrogen and oxygen atoms in total. The van der Waals surface area contributed by atoms with E-state index in [0.29, 0.717) is 5.92 Å². The van der Waals surface area contributed by atoms with Crippen LogP contribution >= 0.6 is 11.6 Å². The topological polar surface area (TPSA) is 26.2 Å².